The molecular weight excluding hydrogens is 490 g/mol. The molecule has 3 amide bonds. The van der Waals surface area contributed by atoms with Crippen LogP contribution in [-0.2, 0) is 20.9 Å². The lowest BCUT2D eigenvalue weighted by Crippen LogP contribution is -2.59. The molecule has 1 saturated carbocycles. The normalized spacial score (nSPS) is 15.9. The van der Waals surface area contributed by atoms with Gasteiger partial charge in [0.05, 0.1) is 0 Å². The van der Waals surface area contributed by atoms with E-state index in [-0.39, 0.29) is 23.8 Å². The van der Waals surface area contributed by atoms with Gasteiger partial charge in [0, 0.05) is 12.6 Å². The van der Waals surface area contributed by atoms with Crippen LogP contribution in [0.2, 0.25) is 0 Å². The van der Waals surface area contributed by atoms with Gasteiger partial charge in [-0.3, -0.25) is 9.59 Å². The van der Waals surface area contributed by atoms with Crippen LogP contribution in [0.5, 0.6) is 0 Å². The zero-order valence-electron chi connectivity index (χ0n) is 24.5. The van der Waals surface area contributed by atoms with Crippen molar-refractivity contribution in [2.75, 3.05) is 0 Å². The predicted octanol–water partition coefficient (Wildman–Crippen LogP) is 5.98. The minimum absolute atomic E-state index is 0.0854. The molecule has 1 fully saturated rings. The first kappa shape index (κ1) is 30.2. The number of hydrogen-bond donors (Lipinski definition) is 2. The molecule has 1 aliphatic carbocycles. The van der Waals surface area contributed by atoms with Crippen LogP contribution >= 0.6 is 0 Å². The van der Waals surface area contributed by atoms with Crippen molar-refractivity contribution in [1.29, 1.82) is 0 Å². The first-order valence-corrected chi connectivity index (χ1v) is 14.1. The predicted molar refractivity (Wildman–Crippen MR) is 154 cm³/mol. The third kappa shape index (κ3) is 8.32. The molecule has 3 unspecified atom stereocenters. The molecule has 3 atom stereocenters. The summed E-state index contributed by atoms with van der Waals surface area (Å²) in [5.74, 6) is -0.636. The van der Waals surface area contributed by atoms with E-state index in [4.69, 9.17) is 4.74 Å². The number of aryl methyl sites for hydroxylation is 2. The Labute approximate surface area is 233 Å². The molecule has 0 saturated heterocycles. The van der Waals surface area contributed by atoms with Crippen LogP contribution in [0.15, 0.2) is 48.5 Å². The van der Waals surface area contributed by atoms with E-state index < -0.39 is 23.8 Å². The molecule has 3 rings (SSSR count). The van der Waals surface area contributed by atoms with Gasteiger partial charge >= 0.3 is 6.09 Å². The van der Waals surface area contributed by atoms with Gasteiger partial charge in [-0.2, -0.15) is 0 Å². The third-order valence-corrected chi connectivity index (χ3v) is 7.27. The summed E-state index contributed by atoms with van der Waals surface area (Å²) in [6.07, 6.45) is 2.68. The van der Waals surface area contributed by atoms with E-state index in [2.05, 4.69) is 16.7 Å². The minimum atomic E-state index is -0.822. The lowest BCUT2D eigenvalue weighted by atomic mass is 9.86. The fourth-order valence-corrected chi connectivity index (χ4v) is 4.95. The number of alkyl carbamates (subject to hydrolysis) is 1. The third-order valence-electron chi connectivity index (χ3n) is 7.27. The molecule has 0 radical (unpaired) electrons. The summed E-state index contributed by atoms with van der Waals surface area (Å²) >= 11 is 0. The zero-order valence-corrected chi connectivity index (χ0v) is 24.5. The molecule has 0 spiro atoms. The summed E-state index contributed by atoms with van der Waals surface area (Å²) < 4.78 is 5.51. The van der Waals surface area contributed by atoms with Crippen LogP contribution in [-0.4, -0.2) is 40.5 Å². The molecule has 212 valence electrons. The number of hydrogen-bond acceptors (Lipinski definition) is 4. The van der Waals surface area contributed by atoms with Crippen molar-refractivity contribution >= 4 is 17.9 Å². The van der Waals surface area contributed by atoms with Crippen molar-refractivity contribution in [3.05, 3.63) is 70.8 Å². The summed E-state index contributed by atoms with van der Waals surface area (Å²) in [7, 11) is 0. The molecule has 0 aliphatic heterocycles. The largest absolute Gasteiger partial charge is 0.444 e. The smallest absolute Gasteiger partial charge is 0.408 e. The Hall–Kier alpha value is -3.35. The maximum atomic E-state index is 14.4. The van der Waals surface area contributed by atoms with Gasteiger partial charge in [0.1, 0.15) is 17.7 Å². The summed E-state index contributed by atoms with van der Waals surface area (Å²) in [6.45, 7) is 13.7. The first-order chi connectivity index (χ1) is 18.4. The number of benzene rings is 2. The zero-order chi connectivity index (χ0) is 28.7. The van der Waals surface area contributed by atoms with Gasteiger partial charge in [-0.05, 0) is 70.9 Å². The van der Waals surface area contributed by atoms with Crippen molar-refractivity contribution in [3.63, 3.8) is 0 Å². The second-order valence-corrected chi connectivity index (χ2v) is 11.9. The van der Waals surface area contributed by atoms with Crippen LogP contribution in [0.3, 0.4) is 0 Å². The number of nitrogens with zero attached hydrogens (tertiary/aromatic N) is 1. The average molecular weight is 536 g/mol. The molecule has 0 heterocycles. The second-order valence-electron chi connectivity index (χ2n) is 11.9. The Balaban J connectivity index is 2.01. The van der Waals surface area contributed by atoms with Gasteiger partial charge in [-0.25, -0.2) is 4.79 Å². The number of carbonyl (C=O) groups is 3. The van der Waals surface area contributed by atoms with Gasteiger partial charge < -0.3 is 20.3 Å². The highest BCUT2D eigenvalue weighted by atomic mass is 16.6. The Morgan fingerprint density at radius 1 is 1.03 bits per heavy atom. The topological polar surface area (TPSA) is 87.7 Å². The number of rotatable bonds is 10. The fraction of sp³-hybridized carbons (Fsp3) is 0.531. The molecule has 1 aliphatic rings. The van der Waals surface area contributed by atoms with E-state index in [9.17, 15) is 14.4 Å². The molecule has 2 aromatic rings. The average Bonchev–Trinajstić information content (AvgIpc) is 2.82. The number of amides is 3. The van der Waals surface area contributed by atoms with E-state index in [0.29, 0.717) is 13.0 Å². The standard InChI is InChI=1S/C32H45N3O4/c1-8-23(4)27(34-31(38)39-32(5,6)7)30(37)35(26-15-12-16-26)28(25-18-21(2)17-22(3)19-25)29(36)33-20-24-13-10-9-11-14-24/h9-11,13-14,17-19,23,26-28H,8,12,15-16,20H2,1-7H3,(H,33,36)(H,34,38). The molecule has 39 heavy (non-hydrogen) atoms. The van der Waals surface area contributed by atoms with E-state index >= 15 is 0 Å². The maximum absolute atomic E-state index is 14.4. The summed E-state index contributed by atoms with van der Waals surface area (Å²) in [5, 5.41) is 5.93. The Kier molecular flexibility index (Phi) is 10.2. The van der Waals surface area contributed by atoms with Crippen LogP contribution < -0.4 is 10.6 Å². The lowest BCUT2D eigenvalue weighted by molar-refractivity contribution is -0.148. The summed E-state index contributed by atoms with van der Waals surface area (Å²) in [4.78, 5) is 43.0. The van der Waals surface area contributed by atoms with Crippen molar-refractivity contribution in [3.8, 4) is 0 Å². The first-order valence-electron chi connectivity index (χ1n) is 14.1. The van der Waals surface area contributed by atoms with Gasteiger partial charge in [0.2, 0.25) is 11.8 Å². The van der Waals surface area contributed by atoms with Crippen LogP contribution in [0.1, 0.15) is 88.6 Å². The van der Waals surface area contributed by atoms with E-state index in [1.807, 2.05) is 70.2 Å². The highest BCUT2D eigenvalue weighted by Crippen LogP contribution is 2.35. The summed E-state index contributed by atoms with van der Waals surface area (Å²) in [5.41, 5.74) is 3.11. The molecule has 7 heteroatoms. The molecule has 2 N–H and O–H groups in total. The molecule has 7 nitrogen and oxygen atoms in total. The second kappa shape index (κ2) is 13.1. The van der Waals surface area contributed by atoms with Crippen molar-refractivity contribution in [2.24, 2.45) is 5.92 Å². The van der Waals surface area contributed by atoms with E-state index in [1.54, 1.807) is 25.7 Å². The molecule has 0 bridgehead atoms. The van der Waals surface area contributed by atoms with Gasteiger partial charge in [0.15, 0.2) is 0 Å². The van der Waals surface area contributed by atoms with Crippen molar-refractivity contribution in [2.45, 2.75) is 104 Å². The Morgan fingerprint density at radius 3 is 2.15 bits per heavy atom. The van der Waals surface area contributed by atoms with Gasteiger partial charge in [0.25, 0.3) is 0 Å². The van der Waals surface area contributed by atoms with Crippen molar-refractivity contribution < 1.29 is 19.1 Å². The van der Waals surface area contributed by atoms with E-state index in [0.717, 1.165) is 41.5 Å². The van der Waals surface area contributed by atoms with Crippen LogP contribution in [0.25, 0.3) is 0 Å². The monoisotopic (exact) mass is 535 g/mol. The number of carbonyl (C=O) groups excluding carboxylic acids is 3. The lowest BCUT2D eigenvalue weighted by Gasteiger charge is -2.44. The Bertz CT molecular complexity index is 1120. The molecular formula is C32H45N3O4. The van der Waals surface area contributed by atoms with Gasteiger partial charge in [-0.15, -0.1) is 0 Å². The van der Waals surface area contributed by atoms with Crippen LogP contribution in [0.4, 0.5) is 4.79 Å². The number of nitrogens with one attached hydrogen (secondary N) is 2. The summed E-state index contributed by atoms with van der Waals surface area (Å²) in [6, 6.07) is 14.0. The highest BCUT2D eigenvalue weighted by molar-refractivity contribution is 5.92. The molecule has 0 aromatic heterocycles. The Morgan fingerprint density at radius 2 is 1.64 bits per heavy atom. The quantitative estimate of drug-likeness (QED) is 0.392. The fourth-order valence-electron chi connectivity index (χ4n) is 4.95. The number of ether oxygens (including phenoxy) is 1. The molecule has 2 aromatic carbocycles. The van der Waals surface area contributed by atoms with Crippen molar-refractivity contribution in [1.82, 2.24) is 15.5 Å². The van der Waals surface area contributed by atoms with Crippen LogP contribution in [0, 0.1) is 19.8 Å². The maximum Gasteiger partial charge on any atom is 0.408 e. The SMILES string of the molecule is CCC(C)C(NC(=O)OC(C)(C)C)C(=O)N(C1CCC1)C(C(=O)NCc1ccccc1)c1cc(C)cc(C)c1. The van der Waals surface area contributed by atoms with E-state index in [1.165, 1.54) is 0 Å². The highest BCUT2D eigenvalue weighted by Gasteiger charge is 2.43. The van der Waals surface area contributed by atoms with Gasteiger partial charge in [-0.1, -0.05) is 79.9 Å². The minimum Gasteiger partial charge on any atom is -0.444 e.